The Morgan fingerprint density at radius 1 is 1.30 bits per heavy atom. The van der Waals surface area contributed by atoms with Gasteiger partial charge in [0.25, 0.3) is 0 Å². The molecule has 106 valence electrons. The average Bonchev–Trinajstić information content (AvgIpc) is 2.93. The molecule has 0 aliphatic carbocycles. The molecule has 1 atom stereocenters. The molecule has 0 spiro atoms. The number of methoxy groups -OCH3 is 1. The normalized spacial score (nSPS) is 12.4. The SMILES string of the molecule is COC(=O)C(Sc1nncn1C(C)C)c1ccccc1. The first-order valence-corrected chi connectivity index (χ1v) is 7.20. The van der Waals surface area contributed by atoms with E-state index in [4.69, 9.17) is 4.74 Å². The second kappa shape index (κ2) is 6.56. The van der Waals surface area contributed by atoms with Gasteiger partial charge in [-0.3, -0.25) is 4.79 Å². The first-order chi connectivity index (χ1) is 9.63. The van der Waals surface area contributed by atoms with Crippen LogP contribution in [0.25, 0.3) is 0 Å². The van der Waals surface area contributed by atoms with Gasteiger partial charge in [-0.25, -0.2) is 0 Å². The lowest BCUT2D eigenvalue weighted by Crippen LogP contribution is -2.12. The van der Waals surface area contributed by atoms with Gasteiger partial charge in [0.1, 0.15) is 11.6 Å². The number of hydrogen-bond acceptors (Lipinski definition) is 5. The standard InChI is InChI=1S/C14H17N3O2S/c1-10(2)17-9-15-16-14(17)20-12(13(18)19-3)11-7-5-4-6-8-11/h4-10,12H,1-3H3. The molecule has 2 aromatic rings. The van der Waals surface area contributed by atoms with Crippen LogP contribution in [0.1, 0.15) is 30.7 Å². The Kier molecular flexibility index (Phi) is 4.79. The van der Waals surface area contributed by atoms with E-state index in [1.807, 2.05) is 48.7 Å². The van der Waals surface area contributed by atoms with E-state index in [0.29, 0.717) is 5.16 Å². The van der Waals surface area contributed by atoms with Crippen molar-refractivity contribution in [3.63, 3.8) is 0 Å². The molecular weight excluding hydrogens is 274 g/mol. The smallest absolute Gasteiger partial charge is 0.323 e. The maximum absolute atomic E-state index is 12.0. The van der Waals surface area contributed by atoms with Gasteiger partial charge in [-0.1, -0.05) is 42.1 Å². The van der Waals surface area contributed by atoms with Gasteiger partial charge in [-0.2, -0.15) is 0 Å². The van der Waals surface area contributed by atoms with Crippen LogP contribution in [0.3, 0.4) is 0 Å². The number of aromatic nitrogens is 3. The van der Waals surface area contributed by atoms with Crippen molar-refractivity contribution in [1.82, 2.24) is 14.8 Å². The van der Waals surface area contributed by atoms with Crippen molar-refractivity contribution in [3.8, 4) is 0 Å². The summed E-state index contributed by atoms with van der Waals surface area (Å²) < 4.78 is 6.83. The zero-order chi connectivity index (χ0) is 14.5. The van der Waals surface area contributed by atoms with Crippen LogP contribution in [-0.4, -0.2) is 27.8 Å². The van der Waals surface area contributed by atoms with Crippen LogP contribution in [0.2, 0.25) is 0 Å². The van der Waals surface area contributed by atoms with Gasteiger partial charge in [-0.05, 0) is 19.4 Å². The Morgan fingerprint density at radius 2 is 2.00 bits per heavy atom. The molecule has 0 fully saturated rings. The number of esters is 1. The van der Waals surface area contributed by atoms with Crippen LogP contribution in [0.4, 0.5) is 0 Å². The molecule has 0 N–H and O–H groups in total. The van der Waals surface area contributed by atoms with Gasteiger partial charge in [0.15, 0.2) is 5.16 Å². The summed E-state index contributed by atoms with van der Waals surface area (Å²) >= 11 is 1.35. The van der Waals surface area contributed by atoms with Crippen LogP contribution in [0, 0.1) is 0 Å². The summed E-state index contributed by atoms with van der Waals surface area (Å²) in [7, 11) is 1.39. The van der Waals surface area contributed by atoms with Gasteiger partial charge < -0.3 is 9.30 Å². The monoisotopic (exact) mass is 291 g/mol. The summed E-state index contributed by atoms with van der Waals surface area (Å²) in [6.45, 7) is 4.09. The molecule has 20 heavy (non-hydrogen) atoms. The summed E-state index contributed by atoms with van der Waals surface area (Å²) in [6, 6.07) is 9.77. The van der Waals surface area contributed by atoms with Crippen LogP contribution in [-0.2, 0) is 9.53 Å². The Hall–Kier alpha value is -1.82. The van der Waals surface area contributed by atoms with Gasteiger partial charge >= 0.3 is 5.97 Å². The Balaban J connectivity index is 2.29. The third-order valence-electron chi connectivity index (χ3n) is 2.84. The molecular formula is C14H17N3O2S. The molecule has 0 saturated heterocycles. The van der Waals surface area contributed by atoms with Crippen LogP contribution < -0.4 is 0 Å². The average molecular weight is 291 g/mol. The number of hydrogen-bond donors (Lipinski definition) is 0. The number of carbonyl (C=O) groups excluding carboxylic acids is 1. The zero-order valence-corrected chi connectivity index (χ0v) is 12.5. The Bertz CT molecular complexity index is 569. The van der Waals surface area contributed by atoms with Crippen molar-refractivity contribution in [1.29, 1.82) is 0 Å². The molecule has 1 heterocycles. The van der Waals surface area contributed by atoms with Gasteiger partial charge in [-0.15, -0.1) is 10.2 Å². The number of carbonyl (C=O) groups is 1. The summed E-state index contributed by atoms with van der Waals surface area (Å²) in [5, 5.41) is 8.27. The molecule has 0 radical (unpaired) electrons. The minimum absolute atomic E-state index is 0.238. The van der Waals surface area contributed by atoms with E-state index in [0.717, 1.165) is 5.56 Å². The number of rotatable bonds is 5. The summed E-state index contributed by atoms with van der Waals surface area (Å²) in [5.41, 5.74) is 0.891. The third kappa shape index (κ3) is 3.19. The van der Waals surface area contributed by atoms with E-state index in [9.17, 15) is 4.79 Å². The molecule has 1 unspecified atom stereocenters. The summed E-state index contributed by atoms with van der Waals surface area (Å²) in [6.07, 6.45) is 1.67. The van der Waals surface area contributed by atoms with Crippen molar-refractivity contribution in [2.75, 3.05) is 7.11 Å². The van der Waals surface area contributed by atoms with Gasteiger partial charge in [0, 0.05) is 6.04 Å². The predicted molar refractivity (Wildman–Crippen MR) is 77.5 cm³/mol. The summed E-state index contributed by atoms with van der Waals surface area (Å²) in [5.74, 6) is -0.292. The number of ether oxygens (including phenoxy) is 1. The molecule has 0 bridgehead atoms. The van der Waals surface area contributed by atoms with Crippen molar-refractivity contribution < 1.29 is 9.53 Å². The molecule has 0 amide bonds. The summed E-state index contributed by atoms with van der Waals surface area (Å²) in [4.78, 5) is 12.0. The van der Waals surface area contributed by atoms with Crippen molar-refractivity contribution in [3.05, 3.63) is 42.2 Å². The van der Waals surface area contributed by atoms with E-state index in [1.54, 1.807) is 6.33 Å². The number of benzene rings is 1. The highest BCUT2D eigenvalue weighted by Crippen LogP contribution is 2.35. The molecule has 2 rings (SSSR count). The van der Waals surface area contributed by atoms with Crippen LogP contribution >= 0.6 is 11.8 Å². The first-order valence-electron chi connectivity index (χ1n) is 6.32. The van der Waals surface area contributed by atoms with Crippen molar-refractivity contribution in [2.45, 2.75) is 30.3 Å². The fraction of sp³-hybridized carbons (Fsp3) is 0.357. The molecule has 6 heteroatoms. The van der Waals surface area contributed by atoms with E-state index >= 15 is 0 Å². The zero-order valence-electron chi connectivity index (χ0n) is 11.7. The molecule has 5 nitrogen and oxygen atoms in total. The maximum Gasteiger partial charge on any atom is 0.323 e. The molecule has 0 saturated carbocycles. The second-order valence-corrected chi connectivity index (χ2v) is 5.62. The minimum Gasteiger partial charge on any atom is -0.468 e. The van der Waals surface area contributed by atoms with E-state index < -0.39 is 5.25 Å². The first kappa shape index (κ1) is 14.6. The fourth-order valence-electron chi connectivity index (χ4n) is 1.76. The fourth-order valence-corrected chi connectivity index (χ4v) is 2.93. The lowest BCUT2D eigenvalue weighted by molar-refractivity contribution is -0.140. The Morgan fingerprint density at radius 3 is 2.60 bits per heavy atom. The number of thioether (sulfide) groups is 1. The quantitative estimate of drug-likeness (QED) is 0.626. The van der Waals surface area contributed by atoms with Crippen LogP contribution in [0.15, 0.2) is 41.8 Å². The highest BCUT2D eigenvalue weighted by Gasteiger charge is 2.25. The molecule has 1 aromatic carbocycles. The lowest BCUT2D eigenvalue weighted by Gasteiger charge is -2.16. The van der Waals surface area contributed by atoms with Crippen molar-refractivity contribution >= 4 is 17.7 Å². The largest absolute Gasteiger partial charge is 0.468 e. The number of nitrogens with zero attached hydrogens (tertiary/aromatic N) is 3. The third-order valence-corrected chi connectivity index (χ3v) is 4.04. The van der Waals surface area contributed by atoms with E-state index in [2.05, 4.69) is 10.2 Å². The lowest BCUT2D eigenvalue weighted by atomic mass is 10.1. The van der Waals surface area contributed by atoms with E-state index in [1.165, 1.54) is 18.9 Å². The van der Waals surface area contributed by atoms with Gasteiger partial charge in [0.05, 0.1) is 7.11 Å². The van der Waals surface area contributed by atoms with Crippen LogP contribution in [0.5, 0.6) is 0 Å². The molecule has 0 aliphatic heterocycles. The highest BCUT2D eigenvalue weighted by molar-refractivity contribution is 8.00. The second-order valence-electron chi connectivity index (χ2n) is 4.55. The highest BCUT2D eigenvalue weighted by atomic mass is 32.2. The predicted octanol–water partition coefficient (Wildman–Crippen LogP) is 2.87. The van der Waals surface area contributed by atoms with Gasteiger partial charge in [0.2, 0.25) is 0 Å². The Labute approximate surface area is 122 Å². The maximum atomic E-state index is 12.0. The topological polar surface area (TPSA) is 57.0 Å². The van der Waals surface area contributed by atoms with Crippen molar-refractivity contribution in [2.24, 2.45) is 0 Å². The molecule has 1 aromatic heterocycles. The minimum atomic E-state index is -0.442. The molecule has 0 aliphatic rings. The van der Waals surface area contributed by atoms with E-state index in [-0.39, 0.29) is 12.0 Å².